The Bertz CT molecular complexity index is 1170. The summed E-state index contributed by atoms with van der Waals surface area (Å²) < 4.78 is 5.24. The summed E-state index contributed by atoms with van der Waals surface area (Å²) in [6.07, 6.45) is 7.08. The molecule has 2 unspecified atom stereocenters. The number of benzene rings is 3. The highest BCUT2D eigenvalue weighted by Crippen LogP contribution is 2.29. The summed E-state index contributed by atoms with van der Waals surface area (Å²) in [5, 5.41) is 3.07. The average molecular weight is 483 g/mol. The summed E-state index contributed by atoms with van der Waals surface area (Å²) in [5.41, 5.74) is 3.79. The number of nitrogens with one attached hydrogen (secondary N) is 1. The molecule has 0 fully saturated rings. The quantitative estimate of drug-likeness (QED) is 0.384. The molecule has 2 amide bonds. The van der Waals surface area contributed by atoms with Crippen molar-refractivity contribution in [2.24, 2.45) is 5.92 Å². The van der Waals surface area contributed by atoms with E-state index in [1.807, 2.05) is 85.8 Å². The summed E-state index contributed by atoms with van der Waals surface area (Å²) in [7, 11) is 1.61. The van der Waals surface area contributed by atoms with Crippen LogP contribution in [0.1, 0.15) is 36.0 Å². The smallest absolute Gasteiger partial charge is 0.247 e. The number of hydrogen-bond acceptors (Lipinski definition) is 3. The van der Waals surface area contributed by atoms with Gasteiger partial charge in [0.25, 0.3) is 0 Å². The van der Waals surface area contributed by atoms with Crippen LogP contribution in [-0.4, -0.2) is 29.9 Å². The largest absolute Gasteiger partial charge is 0.497 e. The number of allylic oxidation sites excluding steroid dienone is 2. The van der Waals surface area contributed by atoms with E-state index >= 15 is 0 Å². The van der Waals surface area contributed by atoms with Gasteiger partial charge in [0, 0.05) is 12.2 Å². The molecular weight excluding hydrogens is 448 g/mol. The van der Waals surface area contributed by atoms with Crippen molar-refractivity contribution in [3.8, 4) is 5.75 Å². The number of rotatable bonds is 9. The lowest BCUT2D eigenvalue weighted by Gasteiger charge is -2.37. The van der Waals surface area contributed by atoms with E-state index in [4.69, 9.17) is 4.74 Å². The normalized spacial score (nSPS) is 15.7. The third-order valence-corrected chi connectivity index (χ3v) is 6.71. The lowest BCUT2D eigenvalue weighted by Crippen LogP contribution is -2.51. The van der Waals surface area contributed by atoms with Gasteiger partial charge in [0.2, 0.25) is 11.8 Å². The maximum Gasteiger partial charge on any atom is 0.247 e. The van der Waals surface area contributed by atoms with Gasteiger partial charge in [-0.15, -0.1) is 0 Å². The van der Waals surface area contributed by atoms with E-state index in [0.29, 0.717) is 12.2 Å². The topological polar surface area (TPSA) is 58.6 Å². The van der Waals surface area contributed by atoms with Gasteiger partial charge in [-0.05, 0) is 67.5 Å². The number of anilines is 1. The zero-order valence-electron chi connectivity index (χ0n) is 21.0. The van der Waals surface area contributed by atoms with Crippen LogP contribution in [0, 0.1) is 12.8 Å². The van der Waals surface area contributed by atoms with Crippen LogP contribution in [0.2, 0.25) is 0 Å². The second-order valence-electron chi connectivity index (χ2n) is 9.38. The Kier molecular flexibility index (Phi) is 8.56. The maximum atomic E-state index is 13.8. The molecule has 0 saturated carbocycles. The summed E-state index contributed by atoms with van der Waals surface area (Å²) in [6.45, 7) is 2.43. The first-order valence-electron chi connectivity index (χ1n) is 12.5. The van der Waals surface area contributed by atoms with Gasteiger partial charge in [-0.2, -0.15) is 0 Å². The van der Waals surface area contributed by atoms with Crippen LogP contribution in [0.3, 0.4) is 0 Å². The number of hydrogen-bond donors (Lipinski definition) is 1. The van der Waals surface area contributed by atoms with E-state index in [2.05, 4.69) is 17.5 Å². The molecule has 0 bridgehead atoms. The molecule has 2 atom stereocenters. The summed E-state index contributed by atoms with van der Waals surface area (Å²) >= 11 is 0. The fourth-order valence-electron chi connectivity index (χ4n) is 4.71. The van der Waals surface area contributed by atoms with E-state index in [9.17, 15) is 9.59 Å². The lowest BCUT2D eigenvalue weighted by atomic mass is 9.85. The highest BCUT2D eigenvalue weighted by atomic mass is 16.5. The molecule has 0 aliphatic heterocycles. The fraction of sp³-hybridized carbons (Fsp3) is 0.290. The third kappa shape index (κ3) is 6.63. The Hall–Kier alpha value is -3.86. The molecule has 3 aromatic carbocycles. The number of methoxy groups -OCH3 is 1. The van der Waals surface area contributed by atoms with E-state index in [1.165, 1.54) is 0 Å². The number of amides is 2. The second kappa shape index (κ2) is 12.2. The maximum absolute atomic E-state index is 13.8. The number of carbonyl (C=O) groups excluding carboxylic acids is 2. The Morgan fingerprint density at radius 2 is 1.67 bits per heavy atom. The van der Waals surface area contributed by atoms with Gasteiger partial charge >= 0.3 is 0 Å². The zero-order chi connectivity index (χ0) is 25.3. The molecule has 5 nitrogen and oxygen atoms in total. The number of carbonyl (C=O) groups is 2. The van der Waals surface area contributed by atoms with Crippen molar-refractivity contribution >= 4 is 17.5 Å². The SMILES string of the molecule is COc1ccc(NC(=O)C(C2CC=CCC2)N(Cc2ccc(C)cc2)C(=O)Cc2ccccc2)cc1. The van der Waals surface area contributed by atoms with Gasteiger partial charge < -0.3 is 15.0 Å². The summed E-state index contributed by atoms with van der Waals surface area (Å²) in [6, 6.07) is 24.6. The van der Waals surface area contributed by atoms with Crippen molar-refractivity contribution in [3.63, 3.8) is 0 Å². The predicted octanol–water partition coefficient (Wildman–Crippen LogP) is 5.94. The monoisotopic (exact) mass is 482 g/mol. The van der Waals surface area contributed by atoms with Gasteiger partial charge in [-0.3, -0.25) is 9.59 Å². The molecule has 36 heavy (non-hydrogen) atoms. The van der Waals surface area contributed by atoms with Gasteiger partial charge in [-0.1, -0.05) is 72.3 Å². The number of aryl methyl sites for hydroxylation is 1. The van der Waals surface area contributed by atoms with Crippen molar-refractivity contribution in [1.29, 1.82) is 0 Å². The van der Waals surface area contributed by atoms with E-state index in [-0.39, 0.29) is 24.2 Å². The second-order valence-corrected chi connectivity index (χ2v) is 9.38. The Morgan fingerprint density at radius 1 is 0.944 bits per heavy atom. The molecule has 0 spiro atoms. The van der Waals surface area contributed by atoms with Gasteiger partial charge in [-0.25, -0.2) is 0 Å². The van der Waals surface area contributed by atoms with Gasteiger partial charge in [0.15, 0.2) is 0 Å². The van der Waals surface area contributed by atoms with Crippen molar-refractivity contribution in [1.82, 2.24) is 4.90 Å². The number of nitrogens with zero attached hydrogens (tertiary/aromatic N) is 1. The highest BCUT2D eigenvalue weighted by molar-refractivity contribution is 5.97. The molecular formula is C31H34N2O3. The molecule has 4 rings (SSSR count). The first-order chi connectivity index (χ1) is 17.5. The fourth-order valence-corrected chi connectivity index (χ4v) is 4.71. The molecule has 1 aliphatic carbocycles. The van der Waals surface area contributed by atoms with Gasteiger partial charge in [0.1, 0.15) is 11.8 Å². The minimum absolute atomic E-state index is 0.0402. The molecule has 186 valence electrons. The minimum atomic E-state index is -0.588. The molecule has 0 saturated heterocycles. The zero-order valence-corrected chi connectivity index (χ0v) is 21.0. The average Bonchev–Trinajstić information content (AvgIpc) is 2.91. The number of ether oxygens (including phenoxy) is 1. The van der Waals surface area contributed by atoms with Crippen molar-refractivity contribution in [2.45, 2.75) is 45.2 Å². The first-order valence-corrected chi connectivity index (χ1v) is 12.5. The molecule has 0 radical (unpaired) electrons. The van der Waals surface area contributed by atoms with Gasteiger partial charge in [0.05, 0.1) is 13.5 Å². The van der Waals surface area contributed by atoms with Crippen molar-refractivity contribution in [2.75, 3.05) is 12.4 Å². The molecule has 5 heteroatoms. The molecule has 1 N–H and O–H groups in total. The van der Waals surface area contributed by atoms with Crippen LogP contribution in [0.15, 0.2) is 91.0 Å². The Balaban J connectivity index is 1.66. The predicted molar refractivity (Wildman–Crippen MR) is 144 cm³/mol. The van der Waals surface area contributed by atoms with Crippen LogP contribution in [0.4, 0.5) is 5.69 Å². The third-order valence-electron chi connectivity index (χ3n) is 6.71. The summed E-state index contributed by atoms with van der Waals surface area (Å²) in [4.78, 5) is 29.5. The highest BCUT2D eigenvalue weighted by Gasteiger charge is 2.36. The molecule has 3 aromatic rings. The van der Waals surface area contributed by atoms with Crippen LogP contribution < -0.4 is 10.1 Å². The van der Waals surface area contributed by atoms with Crippen molar-refractivity contribution < 1.29 is 14.3 Å². The van der Waals surface area contributed by atoms with Crippen LogP contribution >= 0.6 is 0 Å². The van der Waals surface area contributed by atoms with Crippen molar-refractivity contribution in [3.05, 3.63) is 108 Å². The van der Waals surface area contributed by atoms with Crippen LogP contribution in [0.25, 0.3) is 0 Å². The molecule has 0 heterocycles. The first kappa shape index (κ1) is 25.2. The Labute approximate surface area is 213 Å². The van der Waals surface area contributed by atoms with E-state index in [0.717, 1.165) is 41.7 Å². The van der Waals surface area contributed by atoms with Crippen LogP contribution in [0.5, 0.6) is 5.75 Å². The van der Waals surface area contributed by atoms with E-state index < -0.39 is 6.04 Å². The van der Waals surface area contributed by atoms with E-state index in [1.54, 1.807) is 12.0 Å². The van der Waals surface area contributed by atoms with Crippen LogP contribution in [-0.2, 0) is 22.6 Å². The summed E-state index contributed by atoms with van der Waals surface area (Å²) in [5.74, 6) is 0.555. The molecule has 1 aliphatic rings. The molecule has 0 aromatic heterocycles. The standard InChI is InChI=1S/C31H34N2O3/c1-23-13-15-25(16-14-23)22-33(29(34)21-24-9-5-3-6-10-24)30(26-11-7-4-8-12-26)31(35)32-27-17-19-28(36-2)20-18-27/h3-7,9-10,13-20,26,30H,8,11-12,21-22H2,1-2H3,(H,32,35). The lowest BCUT2D eigenvalue weighted by molar-refractivity contribution is -0.141. The Morgan fingerprint density at radius 3 is 2.31 bits per heavy atom. The minimum Gasteiger partial charge on any atom is -0.497 e.